The molecule has 1 atom stereocenters. The summed E-state index contributed by atoms with van der Waals surface area (Å²) in [5.41, 5.74) is 0. The van der Waals surface area contributed by atoms with Crippen molar-refractivity contribution in [2.24, 2.45) is 0 Å². The van der Waals surface area contributed by atoms with Gasteiger partial charge >= 0.3 is 0 Å². The number of amides is 1. The highest BCUT2D eigenvalue weighted by Gasteiger charge is 2.21. The number of rotatable bonds is 3. The van der Waals surface area contributed by atoms with Crippen molar-refractivity contribution in [3.63, 3.8) is 0 Å². The third kappa shape index (κ3) is 3.19. The molecule has 1 N–H and O–H groups in total. The molecule has 1 heterocycles. The first-order valence-corrected chi connectivity index (χ1v) is 5.86. The minimum atomic E-state index is 0.237. The van der Waals surface area contributed by atoms with E-state index < -0.39 is 0 Å². The first kappa shape index (κ1) is 10.9. The summed E-state index contributed by atoms with van der Waals surface area (Å²) in [6.45, 7) is 4.51. The number of carbonyl (C=O) groups excluding carboxylic acids is 1. The van der Waals surface area contributed by atoms with Crippen LogP contribution >= 0.6 is 11.8 Å². The molecule has 0 aliphatic carbocycles. The Hall–Kier alpha value is -0.220. The van der Waals surface area contributed by atoms with E-state index in [0.29, 0.717) is 11.8 Å². The molecule has 76 valence electrons. The lowest BCUT2D eigenvalue weighted by Gasteiger charge is -2.31. The molecular formula is C9H18N2OS. The Morgan fingerprint density at radius 1 is 1.69 bits per heavy atom. The number of nitrogens with zero attached hydrogens (tertiary/aromatic N) is 1. The second-order valence-electron chi connectivity index (χ2n) is 3.27. The van der Waals surface area contributed by atoms with Gasteiger partial charge in [0, 0.05) is 24.1 Å². The largest absolute Gasteiger partial charge is 0.340 e. The molecule has 3 nitrogen and oxygen atoms in total. The summed E-state index contributed by atoms with van der Waals surface area (Å²) in [6, 6.07) is 0. The second kappa shape index (κ2) is 5.50. The molecule has 0 bridgehead atoms. The fraction of sp³-hybridized carbons (Fsp3) is 0.889. The van der Waals surface area contributed by atoms with Crippen molar-refractivity contribution < 1.29 is 4.79 Å². The Morgan fingerprint density at radius 2 is 2.46 bits per heavy atom. The number of carbonyl (C=O) groups is 1. The van der Waals surface area contributed by atoms with E-state index in [1.54, 1.807) is 0 Å². The quantitative estimate of drug-likeness (QED) is 0.726. The van der Waals surface area contributed by atoms with Gasteiger partial charge in [0.15, 0.2) is 0 Å². The van der Waals surface area contributed by atoms with Crippen molar-refractivity contribution in [2.45, 2.75) is 18.6 Å². The van der Waals surface area contributed by atoms with Crippen molar-refractivity contribution in [1.82, 2.24) is 10.2 Å². The van der Waals surface area contributed by atoms with Gasteiger partial charge in [-0.2, -0.15) is 11.8 Å². The molecule has 1 aliphatic rings. The molecule has 1 rings (SSSR count). The molecule has 0 aromatic heterocycles. The predicted octanol–water partition coefficient (Wildman–Crippen LogP) is 0.560. The molecule has 1 aliphatic heterocycles. The molecule has 13 heavy (non-hydrogen) atoms. The van der Waals surface area contributed by atoms with Crippen LogP contribution < -0.4 is 5.32 Å². The van der Waals surface area contributed by atoms with Crippen LogP contribution in [0.2, 0.25) is 0 Å². The van der Waals surface area contributed by atoms with Gasteiger partial charge in [-0.3, -0.25) is 4.79 Å². The van der Waals surface area contributed by atoms with E-state index in [1.165, 1.54) is 0 Å². The van der Waals surface area contributed by atoms with E-state index in [1.807, 2.05) is 23.7 Å². The van der Waals surface area contributed by atoms with Crippen LogP contribution in [0.1, 0.15) is 13.3 Å². The van der Waals surface area contributed by atoms with Gasteiger partial charge in [0.25, 0.3) is 0 Å². The summed E-state index contributed by atoms with van der Waals surface area (Å²) in [5.74, 6) is 1.33. The van der Waals surface area contributed by atoms with Crippen molar-refractivity contribution in [3.05, 3.63) is 0 Å². The zero-order valence-corrected chi connectivity index (χ0v) is 9.19. The smallest absolute Gasteiger partial charge is 0.236 e. The summed E-state index contributed by atoms with van der Waals surface area (Å²) >= 11 is 1.99. The number of nitrogens with one attached hydrogen (secondary N) is 1. The van der Waals surface area contributed by atoms with Gasteiger partial charge in [0.05, 0.1) is 6.54 Å². The van der Waals surface area contributed by atoms with Crippen molar-refractivity contribution in [1.29, 1.82) is 0 Å². The zero-order chi connectivity index (χ0) is 9.68. The van der Waals surface area contributed by atoms with E-state index in [9.17, 15) is 4.79 Å². The van der Waals surface area contributed by atoms with E-state index in [2.05, 4.69) is 12.2 Å². The highest BCUT2D eigenvalue weighted by molar-refractivity contribution is 8.00. The van der Waals surface area contributed by atoms with Crippen LogP contribution in [0.15, 0.2) is 0 Å². The third-order valence-corrected chi connectivity index (χ3v) is 3.65. The van der Waals surface area contributed by atoms with Gasteiger partial charge in [-0.1, -0.05) is 6.92 Å². The number of likely N-dealkylation sites (N-methyl/N-ethyl adjacent to an activating group) is 1. The van der Waals surface area contributed by atoms with Crippen molar-refractivity contribution in [3.8, 4) is 0 Å². The van der Waals surface area contributed by atoms with Crippen LogP contribution in [0.3, 0.4) is 0 Å². The normalized spacial score (nSPS) is 23.2. The topological polar surface area (TPSA) is 32.3 Å². The minimum absolute atomic E-state index is 0.237. The van der Waals surface area contributed by atoms with E-state index in [0.717, 1.165) is 25.3 Å². The van der Waals surface area contributed by atoms with Crippen LogP contribution in [0.25, 0.3) is 0 Å². The molecule has 0 spiro atoms. The number of hydrogen-bond acceptors (Lipinski definition) is 3. The van der Waals surface area contributed by atoms with E-state index in [4.69, 9.17) is 0 Å². The Balaban J connectivity index is 2.37. The first-order valence-electron chi connectivity index (χ1n) is 4.82. The lowest BCUT2D eigenvalue weighted by Crippen LogP contribution is -2.44. The van der Waals surface area contributed by atoms with E-state index in [-0.39, 0.29) is 5.91 Å². The summed E-state index contributed by atoms with van der Waals surface area (Å²) in [5, 5.41) is 3.55. The zero-order valence-electron chi connectivity index (χ0n) is 8.38. The molecule has 0 aromatic rings. The fourth-order valence-electron chi connectivity index (χ4n) is 1.46. The Bertz CT molecular complexity index is 175. The molecule has 4 heteroatoms. The Kier molecular flexibility index (Phi) is 4.59. The average molecular weight is 202 g/mol. The maximum absolute atomic E-state index is 11.5. The predicted molar refractivity (Wildman–Crippen MR) is 57.0 cm³/mol. The minimum Gasteiger partial charge on any atom is -0.340 e. The molecule has 1 fully saturated rings. The summed E-state index contributed by atoms with van der Waals surface area (Å²) in [7, 11) is 1.81. The molecule has 1 unspecified atom stereocenters. The molecule has 0 saturated carbocycles. The maximum atomic E-state index is 11.5. The van der Waals surface area contributed by atoms with Crippen LogP contribution in [0, 0.1) is 0 Å². The highest BCUT2D eigenvalue weighted by atomic mass is 32.2. The Labute approximate surface area is 84.2 Å². The third-order valence-electron chi connectivity index (χ3n) is 2.27. The van der Waals surface area contributed by atoms with Gasteiger partial charge in [-0.25, -0.2) is 0 Å². The van der Waals surface area contributed by atoms with E-state index >= 15 is 0 Å². The number of thioether (sulfide) groups is 1. The van der Waals surface area contributed by atoms with Gasteiger partial charge in [0.2, 0.25) is 5.91 Å². The monoisotopic (exact) mass is 202 g/mol. The van der Waals surface area contributed by atoms with Gasteiger partial charge in [0.1, 0.15) is 0 Å². The van der Waals surface area contributed by atoms with Crippen LogP contribution in [-0.4, -0.2) is 48.5 Å². The first-order chi connectivity index (χ1) is 6.27. The molecular weight excluding hydrogens is 184 g/mol. The van der Waals surface area contributed by atoms with Crippen molar-refractivity contribution >= 4 is 17.7 Å². The standard InChI is InChI=1S/C9H18N2OS/c1-3-8-7-11(4-5-13-8)9(12)6-10-2/h8,10H,3-7H2,1-2H3. The maximum Gasteiger partial charge on any atom is 0.236 e. The lowest BCUT2D eigenvalue weighted by atomic mass is 10.3. The lowest BCUT2D eigenvalue weighted by molar-refractivity contribution is -0.130. The van der Waals surface area contributed by atoms with Gasteiger partial charge in [-0.05, 0) is 13.5 Å². The molecule has 1 amide bonds. The van der Waals surface area contributed by atoms with Crippen LogP contribution in [-0.2, 0) is 4.79 Å². The summed E-state index contributed by atoms with van der Waals surface area (Å²) in [6.07, 6.45) is 1.16. The van der Waals surface area contributed by atoms with Crippen LogP contribution in [0.4, 0.5) is 0 Å². The molecule has 1 saturated heterocycles. The summed E-state index contributed by atoms with van der Waals surface area (Å²) < 4.78 is 0. The fourth-order valence-corrected chi connectivity index (χ4v) is 2.64. The van der Waals surface area contributed by atoms with Gasteiger partial charge in [-0.15, -0.1) is 0 Å². The van der Waals surface area contributed by atoms with Crippen molar-refractivity contribution in [2.75, 3.05) is 32.4 Å². The summed E-state index contributed by atoms with van der Waals surface area (Å²) in [4.78, 5) is 13.5. The van der Waals surface area contributed by atoms with Crippen LogP contribution in [0.5, 0.6) is 0 Å². The Morgan fingerprint density at radius 3 is 3.08 bits per heavy atom. The van der Waals surface area contributed by atoms with Gasteiger partial charge < -0.3 is 10.2 Å². The highest BCUT2D eigenvalue weighted by Crippen LogP contribution is 2.20. The SMILES string of the molecule is CCC1CN(C(=O)CNC)CCS1. The average Bonchev–Trinajstić information content (AvgIpc) is 2.18. The molecule has 0 aromatic carbocycles. The molecule has 0 radical (unpaired) electrons. The number of hydrogen-bond donors (Lipinski definition) is 1. The second-order valence-corrected chi connectivity index (χ2v) is 4.68.